The molecule has 0 bridgehead atoms. The zero-order valence-corrected chi connectivity index (χ0v) is 12.1. The summed E-state index contributed by atoms with van der Waals surface area (Å²) in [7, 11) is 0. The van der Waals surface area contributed by atoms with Crippen LogP contribution in [0.4, 0.5) is 0 Å². The van der Waals surface area contributed by atoms with E-state index in [1.165, 1.54) is 12.8 Å². The Balaban J connectivity index is 2.11. The van der Waals surface area contributed by atoms with Crippen LogP contribution in [0.3, 0.4) is 0 Å². The van der Waals surface area contributed by atoms with Crippen LogP contribution < -0.4 is 0 Å². The number of carbonyl (C=O) groups is 1. The van der Waals surface area contributed by atoms with Gasteiger partial charge in [0.05, 0.1) is 0 Å². The Kier molecular flexibility index (Phi) is 4.09. The first-order valence-electron chi connectivity index (χ1n) is 5.91. The van der Waals surface area contributed by atoms with Crippen molar-refractivity contribution in [2.75, 3.05) is 19.6 Å². The third kappa shape index (κ3) is 3.01. The van der Waals surface area contributed by atoms with E-state index in [2.05, 4.69) is 34.4 Å². The van der Waals surface area contributed by atoms with Crippen LogP contribution in [0.2, 0.25) is 0 Å². The minimum Gasteiger partial charge on any atom is -0.477 e. The van der Waals surface area contributed by atoms with E-state index in [9.17, 15) is 4.79 Å². The van der Waals surface area contributed by atoms with Crippen LogP contribution in [0.5, 0.6) is 0 Å². The third-order valence-corrected chi connectivity index (χ3v) is 3.82. The highest BCUT2D eigenvalue weighted by Crippen LogP contribution is 2.19. The summed E-state index contributed by atoms with van der Waals surface area (Å²) < 4.78 is 2.86. The molecule has 1 aromatic rings. The first-order valence-corrected chi connectivity index (χ1v) is 6.99. The Morgan fingerprint density at radius 1 is 1.53 bits per heavy atom. The van der Waals surface area contributed by atoms with E-state index in [0.717, 1.165) is 23.2 Å². The molecule has 1 saturated heterocycles. The average Bonchev–Trinajstić information content (AvgIpc) is 2.86. The number of nitrogens with zero attached hydrogens (tertiary/aromatic N) is 2. The summed E-state index contributed by atoms with van der Waals surface area (Å²) in [5.41, 5.74) is 0.390. The molecule has 1 aromatic heterocycles. The van der Waals surface area contributed by atoms with Crippen molar-refractivity contribution in [1.29, 1.82) is 0 Å². The maximum Gasteiger partial charge on any atom is 0.352 e. The van der Waals surface area contributed by atoms with Crippen LogP contribution in [-0.4, -0.2) is 40.2 Å². The predicted molar refractivity (Wildman–Crippen MR) is 74.5 cm³/mol. The number of hydrogen-bond donors (Lipinski definition) is 1. The summed E-state index contributed by atoms with van der Waals surface area (Å²) in [4.78, 5) is 13.5. The van der Waals surface area contributed by atoms with Crippen molar-refractivity contribution in [3.05, 3.63) is 21.5 Å². The number of carboxylic acids is 1. The van der Waals surface area contributed by atoms with Gasteiger partial charge in [0.2, 0.25) is 0 Å². The fourth-order valence-electron chi connectivity index (χ4n) is 2.41. The smallest absolute Gasteiger partial charge is 0.352 e. The van der Waals surface area contributed by atoms with E-state index < -0.39 is 5.97 Å². The van der Waals surface area contributed by atoms with Crippen molar-refractivity contribution >= 4 is 28.6 Å². The number of rotatable bonds is 4. The Hall–Kier alpha value is -0.560. The fourth-order valence-corrected chi connectivity index (χ4v) is 3.00. The zero-order chi connectivity index (χ0) is 12.4. The molecule has 1 atom stereocenters. The van der Waals surface area contributed by atoms with Gasteiger partial charge in [0.25, 0.3) is 0 Å². The van der Waals surface area contributed by atoms with Crippen LogP contribution in [0, 0.1) is 3.57 Å². The predicted octanol–water partition coefficient (Wildman–Crippen LogP) is 2.45. The highest BCUT2D eigenvalue weighted by molar-refractivity contribution is 14.1. The first-order chi connectivity index (χ1) is 8.08. The van der Waals surface area contributed by atoms with Gasteiger partial charge in [-0.05, 0) is 61.5 Å². The van der Waals surface area contributed by atoms with Gasteiger partial charge in [0, 0.05) is 22.4 Å². The minimum atomic E-state index is -0.846. The quantitative estimate of drug-likeness (QED) is 0.851. The highest BCUT2D eigenvalue weighted by Gasteiger charge is 2.19. The lowest BCUT2D eigenvalue weighted by atomic mass is 10.3. The summed E-state index contributed by atoms with van der Waals surface area (Å²) in [6.45, 7) is 5.31. The van der Waals surface area contributed by atoms with E-state index in [1.54, 1.807) is 6.07 Å². The number of hydrogen-bond acceptors (Lipinski definition) is 2. The summed E-state index contributed by atoms with van der Waals surface area (Å²) in [6.07, 6.45) is 4.45. The van der Waals surface area contributed by atoms with Gasteiger partial charge in [-0.25, -0.2) is 4.79 Å². The normalized spacial score (nSPS) is 18.5. The molecular formula is C12H17IN2O2. The van der Waals surface area contributed by atoms with E-state index >= 15 is 0 Å². The van der Waals surface area contributed by atoms with Gasteiger partial charge >= 0.3 is 5.97 Å². The molecule has 1 N–H and O–H groups in total. The minimum absolute atomic E-state index is 0.211. The van der Waals surface area contributed by atoms with Crippen LogP contribution >= 0.6 is 22.6 Å². The van der Waals surface area contributed by atoms with Crippen LogP contribution in [0.15, 0.2) is 12.3 Å². The molecule has 0 amide bonds. The van der Waals surface area contributed by atoms with E-state index in [1.807, 2.05) is 10.8 Å². The van der Waals surface area contributed by atoms with Crippen LogP contribution in [0.25, 0.3) is 0 Å². The lowest BCUT2D eigenvalue weighted by molar-refractivity contribution is 0.0681. The second-order valence-electron chi connectivity index (χ2n) is 4.61. The van der Waals surface area contributed by atoms with Gasteiger partial charge in [-0.1, -0.05) is 0 Å². The largest absolute Gasteiger partial charge is 0.477 e. The number of carboxylic acid groups (broad SMARTS) is 1. The molecule has 1 aliphatic rings. The van der Waals surface area contributed by atoms with E-state index in [-0.39, 0.29) is 6.04 Å². The van der Waals surface area contributed by atoms with Crippen molar-refractivity contribution in [2.45, 2.75) is 25.8 Å². The molecule has 0 aliphatic carbocycles. The first kappa shape index (κ1) is 12.9. The molecule has 1 unspecified atom stereocenters. The number of likely N-dealkylation sites (tertiary alicyclic amines) is 1. The SMILES string of the molecule is CC(CN1CCCC1)n1cc(I)cc1C(=O)O. The molecule has 5 heteroatoms. The molecule has 0 radical (unpaired) electrons. The molecule has 1 aliphatic heterocycles. The average molecular weight is 348 g/mol. The van der Waals surface area contributed by atoms with Gasteiger partial charge < -0.3 is 14.6 Å². The third-order valence-electron chi connectivity index (χ3n) is 3.23. The van der Waals surface area contributed by atoms with Crippen molar-refractivity contribution in [2.24, 2.45) is 0 Å². The van der Waals surface area contributed by atoms with E-state index in [4.69, 9.17) is 5.11 Å². The topological polar surface area (TPSA) is 45.5 Å². The van der Waals surface area contributed by atoms with Crippen molar-refractivity contribution in [1.82, 2.24) is 9.47 Å². The zero-order valence-electron chi connectivity index (χ0n) is 9.90. The van der Waals surface area contributed by atoms with Gasteiger partial charge in [-0.2, -0.15) is 0 Å². The summed E-state index contributed by atoms with van der Waals surface area (Å²) in [6, 6.07) is 1.94. The molecular weight excluding hydrogens is 331 g/mol. The Morgan fingerprint density at radius 3 is 2.76 bits per heavy atom. The standard InChI is InChI=1S/C12H17IN2O2/c1-9(7-14-4-2-3-5-14)15-8-10(13)6-11(15)12(16)17/h6,8-9H,2-5,7H2,1H3,(H,16,17). The molecule has 17 heavy (non-hydrogen) atoms. The number of aromatic nitrogens is 1. The maximum atomic E-state index is 11.1. The van der Waals surface area contributed by atoms with Gasteiger partial charge in [-0.15, -0.1) is 0 Å². The van der Waals surface area contributed by atoms with Crippen molar-refractivity contribution < 1.29 is 9.90 Å². The highest BCUT2D eigenvalue weighted by atomic mass is 127. The van der Waals surface area contributed by atoms with E-state index in [0.29, 0.717) is 5.69 Å². The summed E-state index contributed by atoms with van der Waals surface area (Å²) >= 11 is 2.16. The molecule has 0 aromatic carbocycles. The van der Waals surface area contributed by atoms with Gasteiger partial charge in [0.15, 0.2) is 0 Å². The molecule has 94 valence electrons. The summed E-state index contributed by atoms with van der Waals surface area (Å²) in [5, 5.41) is 9.15. The Morgan fingerprint density at radius 2 is 2.18 bits per heavy atom. The molecule has 2 rings (SSSR count). The molecule has 0 spiro atoms. The van der Waals surface area contributed by atoms with Crippen LogP contribution in [-0.2, 0) is 0 Å². The number of aromatic carboxylic acids is 1. The lowest BCUT2D eigenvalue weighted by Gasteiger charge is -2.22. The number of halogens is 1. The molecule has 4 nitrogen and oxygen atoms in total. The second kappa shape index (κ2) is 5.39. The molecule has 1 fully saturated rings. The Labute approximate surface area is 115 Å². The monoisotopic (exact) mass is 348 g/mol. The summed E-state index contributed by atoms with van der Waals surface area (Å²) in [5.74, 6) is -0.846. The van der Waals surface area contributed by atoms with Gasteiger partial charge in [0.1, 0.15) is 5.69 Å². The lowest BCUT2D eigenvalue weighted by Crippen LogP contribution is -2.28. The second-order valence-corrected chi connectivity index (χ2v) is 5.86. The Bertz CT molecular complexity index is 411. The maximum absolute atomic E-state index is 11.1. The molecule has 2 heterocycles. The van der Waals surface area contributed by atoms with Gasteiger partial charge in [-0.3, -0.25) is 0 Å². The molecule has 0 saturated carbocycles. The fraction of sp³-hybridized carbons (Fsp3) is 0.583. The van der Waals surface area contributed by atoms with Crippen molar-refractivity contribution in [3.63, 3.8) is 0 Å². The van der Waals surface area contributed by atoms with Crippen molar-refractivity contribution in [3.8, 4) is 0 Å². The van der Waals surface area contributed by atoms with Crippen LogP contribution in [0.1, 0.15) is 36.3 Å².